The van der Waals surface area contributed by atoms with Crippen molar-refractivity contribution >= 4 is 5.91 Å². The molecule has 2 fully saturated rings. The van der Waals surface area contributed by atoms with Gasteiger partial charge in [0.15, 0.2) is 5.69 Å². The number of benzene rings is 1. The molecule has 0 spiro atoms. The molecule has 27 heavy (non-hydrogen) atoms. The van der Waals surface area contributed by atoms with Crippen molar-refractivity contribution in [1.82, 2.24) is 10.1 Å². The third-order valence-electron chi connectivity index (χ3n) is 5.70. The summed E-state index contributed by atoms with van der Waals surface area (Å²) < 4.78 is 10.8. The number of hydrogen-bond acceptors (Lipinski definition) is 4. The molecule has 1 saturated heterocycles. The van der Waals surface area contributed by atoms with E-state index < -0.39 is 0 Å². The molecule has 4 rings (SSSR count). The molecule has 1 aliphatic carbocycles. The minimum atomic E-state index is 0.0237. The lowest BCUT2D eigenvalue weighted by atomic mass is 9.90. The van der Waals surface area contributed by atoms with Gasteiger partial charge in [-0.15, -0.1) is 0 Å². The first-order valence-corrected chi connectivity index (χ1v) is 10.2. The SMILES string of the molecule is CCOc1ccc(CCC2CCN(C(=O)c3cc(C4CC4)on3)CC2)cc1. The molecular formula is C22H28N2O3. The molecule has 1 aromatic heterocycles. The van der Waals surface area contributed by atoms with E-state index in [-0.39, 0.29) is 5.91 Å². The van der Waals surface area contributed by atoms with Crippen molar-refractivity contribution in [2.24, 2.45) is 5.92 Å². The fraction of sp³-hybridized carbons (Fsp3) is 0.545. The molecule has 0 N–H and O–H groups in total. The predicted octanol–water partition coefficient (Wildman–Crippen LogP) is 4.44. The van der Waals surface area contributed by atoms with E-state index in [4.69, 9.17) is 9.26 Å². The molecule has 144 valence electrons. The molecule has 0 radical (unpaired) electrons. The Morgan fingerprint density at radius 1 is 1.19 bits per heavy atom. The molecule has 2 aliphatic rings. The Morgan fingerprint density at radius 3 is 2.59 bits per heavy atom. The molecule has 5 heteroatoms. The lowest BCUT2D eigenvalue weighted by Gasteiger charge is -2.31. The van der Waals surface area contributed by atoms with Gasteiger partial charge in [0.2, 0.25) is 0 Å². The summed E-state index contributed by atoms with van der Waals surface area (Å²) in [5.74, 6) is 3.01. The van der Waals surface area contributed by atoms with Gasteiger partial charge >= 0.3 is 0 Å². The third-order valence-corrected chi connectivity index (χ3v) is 5.70. The van der Waals surface area contributed by atoms with Crippen LogP contribution in [0.3, 0.4) is 0 Å². The first kappa shape index (κ1) is 18.1. The van der Waals surface area contributed by atoms with Gasteiger partial charge in [-0.3, -0.25) is 4.79 Å². The number of piperidine rings is 1. The van der Waals surface area contributed by atoms with Gasteiger partial charge in [0.05, 0.1) is 6.61 Å². The number of nitrogens with zero attached hydrogens (tertiary/aromatic N) is 2. The highest BCUT2D eigenvalue weighted by molar-refractivity contribution is 5.92. The van der Waals surface area contributed by atoms with Crippen molar-refractivity contribution in [2.75, 3.05) is 19.7 Å². The first-order chi connectivity index (χ1) is 13.2. The second kappa shape index (κ2) is 8.15. The number of carbonyl (C=O) groups excluding carboxylic acids is 1. The Kier molecular flexibility index (Phi) is 5.46. The number of aryl methyl sites for hydroxylation is 1. The molecule has 2 aromatic rings. The van der Waals surface area contributed by atoms with Crippen molar-refractivity contribution in [3.63, 3.8) is 0 Å². The fourth-order valence-electron chi connectivity index (χ4n) is 3.83. The summed E-state index contributed by atoms with van der Waals surface area (Å²) in [5, 5.41) is 3.99. The molecule has 1 aromatic carbocycles. The second-order valence-electron chi connectivity index (χ2n) is 7.74. The van der Waals surface area contributed by atoms with Crippen LogP contribution in [0, 0.1) is 5.92 Å². The topological polar surface area (TPSA) is 55.6 Å². The van der Waals surface area contributed by atoms with E-state index in [1.54, 1.807) is 0 Å². The van der Waals surface area contributed by atoms with Gasteiger partial charge in [0, 0.05) is 25.1 Å². The summed E-state index contributed by atoms with van der Waals surface area (Å²) in [6.07, 6.45) is 6.70. The lowest BCUT2D eigenvalue weighted by Crippen LogP contribution is -2.38. The predicted molar refractivity (Wildman–Crippen MR) is 103 cm³/mol. The van der Waals surface area contributed by atoms with Gasteiger partial charge in [0.1, 0.15) is 11.5 Å². The van der Waals surface area contributed by atoms with E-state index >= 15 is 0 Å². The number of amides is 1. The van der Waals surface area contributed by atoms with Crippen LogP contribution in [-0.2, 0) is 6.42 Å². The second-order valence-corrected chi connectivity index (χ2v) is 7.74. The summed E-state index contributed by atoms with van der Waals surface area (Å²) in [6, 6.07) is 10.3. The van der Waals surface area contributed by atoms with Crippen LogP contribution < -0.4 is 4.74 Å². The maximum atomic E-state index is 12.6. The zero-order valence-corrected chi connectivity index (χ0v) is 16.0. The third kappa shape index (κ3) is 4.52. The number of rotatable bonds is 7. The Balaban J connectivity index is 1.22. The van der Waals surface area contributed by atoms with Crippen LogP contribution in [0.25, 0.3) is 0 Å². The van der Waals surface area contributed by atoms with Crippen LogP contribution in [0.4, 0.5) is 0 Å². The zero-order chi connectivity index (χ0) is 18.6. The fourth-order valence-corrected chi connectivity index (χ4v) is 3.83. The van der Waals surface area contributed by atoms with Gasteiger partial charge in [-0.1, -0.05) is 17.3 Å². The van der Waals surface area contributed by atoms with Gasteiger partial charge in [-0.05, 0) is 69.1 Å². The van der Waals surface area contributed by atoms with Crippen LogP contribution in [0.5, 0.6) is 5.75 Å². The van der Waals surface area contributed by atoms with Crippen LogP contribution in [-0.4, -0.2) is 35.7 Å². The van der Waals surface area contributed by atoms with E-state index in [1.807, 2.05) is 30.0 Å². The van der Waals surface area contributed by atoms with E-state index in [2.05, 4.69) is 17.3 Å². The molecular weight excluding hydrogens is 340 g/mol. The smallest absolute Gasteiger partial charge is 0.276 e. The van der Waals surface area contributed by atoms with Crippen molar-refractivity contribution in [3.05, 3.63) is 47.3 Å². The molecule has 0 unspecified atom stereocenters. The number of hydrogen-bond donors (Lipinski definition) is 0. The number of aromatic nitrogens is 1. The molecule has 0 atom stereocenters. The molecule has 0 bridgehead atoms. The number of carbonyl (C=O) groups is 1. The highest BCUT2D eigenvalue weighted by atomic mass is 16.5. The van der Waals surface area contributed by atoms with Gasteiger partial charge in [-0.2, -0.15) is 0 Å². The number of likely N-dealkylation sites (tertiary alicyclic amines) is 1. The van der Waals surface area contributed by atoms with Gasteiger partial charge in [0.25, 0.3) is 5.91 Å². The summed E-state index contributed by atoms with van der Waals surface area (Å²) in [6.45, 7) is 4.34. The minimum absolute atomic E-state index is 0.0237. The summed E-state index contributed by atoms with van der Waals surface area (Å²) in [5.41, 5.74) is 1.83. The van der Waals surface area contributed by atoms with Crippen molar-refractivity contribution in [1.29, 1.82) is 0 Å². The van der Waals surface area contributed by atoms with Crippen molar-refractivity contribution in [2.45, 2.75) is 51.4 Å². The molecule has 1 amide bonds. The average molecular weight is 368 g/mol. The van der Waals surface area contributed by atoms with E-state index in [9.17, 15) is 4.79 Å². The Bertz CT molecular complexity index is 756. The maximum Gasteiger partial charge on any atom is 0.276 e. The Hall–Kier alpha value is -2.30. The van der Waals surface area contributed by atoms with E-state index in [0.717, 1.165) is 56.7 Å². The number of ether oxygens (including phenoxy) is 1. The first-order valence-electron chi connectivity index (χ1n) is 10.2. The lowest BCUT2D eigenvalue weighted by molar-refractivity contribution is 0.0676. The highest BCUT2D eigenvalue weighted by Gasteiger charge is 2.30. The van der Waals surface area contributed by atoms with Crippen molar-refractivity contribution < 1.29 is 14.1 Å². The largest absolute Gasteiger partial charge is 0.494 e. The summed E-state index contributed by atoms with van der Waals surface area (Å²) in [7, 11) is 0. The quantitative estimate of drug-likeness (QED) is 0.725. The maximum absolute atomic E-state index is 12.6. The highest BCUT2D eigenvalue weighted by Crippen LogP contribution is 2.40. The van der Waals surface area contributed by atoms with Gasteiger partial charge in [-0.25, -0.2) is 0 Å². The molecule has 1 saturated carbocycles. The standard InChI is InChI=1S/C22H28N2O3/c1-2-26-19-9-5-16(6-10-19)3-4-17-11-13-24(14-12-17)22(25)20-15-21(27-23-20)18-7-8-18/h5-6,9-10,15,17-18H,2-4,7-8,11-14H2,1H3. The van der Waals surface area contributed by atoms with Gasteiger partial charge < -0.3 is 14.2 Å². The summed E-state index contributed by atoms with van der Waals surface area (Å²) >= 11 is 0. The van der Waals surface area contributed by atoms with Crippen molar-refractivity contribution in [3.8, 4) is 5.75 Å². The summed E-state index contributed by atoms with van der Waals surface area (Å²) in [4.78, 5) is 14.6. The zero-order valence-electron chi connectivity index (χ0n) is 16.0. The normalized spacial score (nSPS) is 17.9. The Morgan fingerprint density at radius 2 is 1.93 bits per heavy atom. The monoisotopic (exact) mass is 368 g/mol. The minimum Gasteiger partial charge on any atom is -0.494 e. The van der Waals surface area contributed by atoms with E-state index in [1.165, 1.54) is 12.0 Å². The van der Waals surface area contributed by atoms with Crippen LogP contribution in [0.2, 0.25) is 0 Å². The Labute approximate surface area is 160 Å². The average Bonchev–Trinajstić information content (AvgIpc) is 3.44. The molecule has 2 heterocycles. The molecule has 1 aliphatic heterocycles. The molecule has 5 nitrogen and oxygen atoms in total. The van der Waals surface area contributed by atoms with Crippen LogP contribution in [0.15, 0.2) is 34.9 Å². The van der Waals surface area contributed by atoms with E-state index in [0.29, 0.717) is 24.1 Å². The van der Waals surface area contributed by atoms with Crippen LogP contribution >= 0.6 is 0 Å². The van der Waals surface area contributed by atoms with Crippen LogP contribution in [0.1, 0.15) is 66.8 Å².